The molecule has 1 aliphatic rings. The van der Waals surface area contributed by atoms with Crippen molar-refractivity contribution in [1.82, 2.24) is 9.46 Å². The van der Waals surface area contributed by atoms with Gasteiger partial charge in [0.1, 0.15) is 0 Å². The van der Waals surface area contributed by atoms with Crippen LogP contribution in [-0.4, -0.2) is 19.9 Å². The van der Waals surface area contributed by atoms with E-state index in [0.717, 1.165) is 28.8 Å². The van der Waals surface area contributed by atoms with E-state index in [-0.39, 0.29) is 5.56 Å². The van der Waals surface area contributed by atoms with Crippen LogP contribution in [0.15, 0.2) is 46.1 Å². The van der Waals surface area contributed by atoms with Crippen molar-refractivity contribution < 1.29 is 10.4 Å². The maximum atomic E-state index is 11.4. The summed E-state index contributed by atoms with van der Waals surface area (Å²) in [6.07, 6.45) is 7.13. The van der Waals surface area contributed by atoms with Crippen LogP contribution in [0.2, 0.25) is 0 Å². The number of hydrogen-bond donors (Lipinski definition) is 2. The number of aromatic nitrogens is 2. The molecular formula is C19H28N2O4. The summed E-state index contributed by atoms with van der Waals surface area (Å²) < 4.78 is 1.35. The maximum Gasteiger partial charge on any atom is 0.283 e. The Morgan fingerprint density at radius 2 is 1.60 bits per heavy atom. The predicted octanol–water partition coefficient (Wildman–Crippen LogP) is 3.55. The van der Waals surface area contributed by atoms with E-state index in [1.54, 1.807) is 12.1 Å². The van der Waals surface area contributed by atoms with Crippen LogP contribution in [0, 0.1) is 6.92 Å². The van der Waals surface area contributed by atoms with Gasteiger partial charge in [-0.25, -0.2) is 0 Å². The summed E-state index contributed by atoms with van der Waals surface area (Å²) in [7, 11) is 0. The molecule has 2 N–H and O–H groups in total. The molecule has 1 saturated carbocycles. The lowest BCUT2D eigenvalue weighted by atomic mass is 9.86. The maximum absolute atomic E-state index is 11.4. The molecule has 138 valence electrons. The highest BCUT2D eigenvalue weighted by atomic mass is 16.5. The van der Waals surface area contributed by atoms with Gasteiger partial charge < -0.3 is 10.4 Å². The van der Waals surface area contributed by atoms with Crippen LogP contribution in [-0.2, 0) is 0 Å². The summed E-state index contributed by atoms with van der Waals surface area (Å²) in [5.41, 5.74) is 1.01. The molecule has 0 aromatic carbocycles. The highest BCUT2D eigenvalue weighted by molar-refractivity contribution is 5.19. The molecule has 2 aromatic heterocycles. The predicted molar refractivity (Wildman–Crippen MR) is 97.7 cm³/mol. The molecule has 1 fully saturated rings. The van der Waals surface area contributed by atoms with Gasteiger partial charge in [0.25, 0.3) is 11.1 Å². The monoisotopic (exact) mass is 348 g/mol. The minimum absolute atomic E-state index is 0.310. The van der Waals surface area contributed by atoms with Gasteiger partial charge in [-0.05, 0) is 37.5 Å². The molecule has 0 spiro atoms. The van der Waals surface area contributed by atoms with Crippen molar-refractivity contribution in [1.29, 1.82) is 0 Å². The summed E-state index contributed by atoms with van der Waals surface area (Å²) in [6.45, 7) is 5.90. The van der Waals surface area contributed by atoms with Gasteiger partial charge in [0.15, 0.2) is 0 Å². The molecule has 0 atom stereocenters. The lowest BCUT2D eigenvalue weighted by molar-refractivity contribution is 0.156. The summed E-state index contributed by atoms with van der Waals surface area (Å²) in [6, 6.07) is 7.81. The molecule has 6 nitrogen and oxygen atoms in total. The Bertz CT molecular complexity index is 759. The zero-order valence-corrected chi connectivity index (χ0v) is 15.2. The number of rotatable bonds is 1. The van der Waals surface area contributed by atoms with Crippen molar-refractivity contribution in [2.45, 2.75) is 58.8 Å². The van der Waals surface area contributed by atoms with E-state index in [1.165, 1.54) is 37.6 Å². The van der Waals surface area contributed by atoms with E-state index in [9.17, 15) is 14.8 Å². The Hall–Kier alpha value is -2.50. The van der Waals surface area contributed by atoms with Gasteiger partial charge in [-0.15, -0.1) is 0 Å². The van der Waals surface area contributed by atoms with E-state index < -0.39 is 5.56 Å². The summed E-state index contributed by atoms with van der Waals surface area (Å²) >= 11 is 0. The van der Waals surface area contributed by atoms with Gasteiger partial charge in [0.05, 0.1) is 5.69 Å². The number of aryl methyl sites for hydroxylation is 1. The van der Waals surface area contributed by atoms with Crippen LogP contribution in [0.5, 0.6) is 0 Å². The fourth-order valence-corrected chi connectivity index (χ4v) is 2.83. The third-order valence-corrected chi connectivity index (χ3v) is 4.01. The Morgan fingerprint density at radius 1 is 0.960 bits per heavy atom. The first-order valence-electron chi connectivity index (χ1n) is 8.79. The molecule has 6 heteroatoms. The van der Waals surface area contributed by atoms with Gasteiger partial charge in [-0.3, -0.25) is 9.59 Å². The molecule has 0 aliphatic heterocycles. The smallest absolute Gasteiger partial charge is 0.283 e. The van der Waals surface area contributed by atoms with E-state index >= 15 is 0 Å². The van der Waals surface area contributed by atoms with Crippen molar-refractivity contribution in [2.24, 2.45) is 0 Å². The second-order valence-electron chi connectivity index (χ2n) is 5.83. The molecule has 1 aliphatic carbocycles. The Kier molecular flexibility index (Phi) is 8.53. The third kappa shape index (κ3) is 6.14. The Balaban J connectivity index is 0.000000264. The lowest BCUT2D eigenvalue weighted by Gasteiger charge is -2.22. The van der Waals surface area contributed by atoms with E-state index in [0.29, 0.717) is 10.6 Å². The zero-order chi connectivity index (χ0) is 18.8. The topological polar surface area (TPSA) is 84.5 Å². The average Bonchev–Trinajstić information content (AvgIpc) is 2.64. The SMILES string of the molecule is CC.Cc1cc(C2CCCCC2)n(O)c(=O)c1.O=c1ccccn1O. The normalized spacial score (nSPS) is 13.9. The van der Waals surface area contributed by atoms with Crippen molar-refractivity contribution in [2.75, 3.05) is 0 Å². The van der Waals surface area contributed by atoms with E-state index in [4.69, 9.17) is 5.21 Å². The lowest BCUT2D eigenvalue weighted by Crippen LogP contribution is -2.23. The quantitative estimate of drug-likeness (QED) is 0.772. The Labute approximate surface area is 147 Å². The van der Waals surface area contributed by atoms with Gasteiger partial charge in [0, 0.05) is 24.2 Å². The molecule has 0 bridgehead atoms. The largest absolute Gasteiger partial charge is 0.425 e. The van der Waals surface area contributed by atoms with Crippen LogP contribution in [0.25, 0.3) is 0 Å². The minimum atomic E-state index is -0.410. The fraction of sp³-hybridized carbons (Fsp3) is 0.474. The molecule has 25 heavy (non-hydrogen) atoms. The van der Waals surface area contributed by atoms with Crippen LogP contribution >= 0.6 is 0 Å². The van der Waals surface area contributed by atoms with Crippen molar-refractivity contribution >= 4 is 0 Å². The van der Waals surface area contributed by atoms with Crippen LogP contribution < -0.4 is 11.1 Å². The van der Waals surface area contributed by atoms with E-state index in [1.807, 2.05) is 26.8 Å². The average molecular weight is 348 g/mol. The molecular weight excluding hydrogens is 320 g/mol. The Morgan fingerprint density at radius 3 is 2.12 bits per heavy atom. The molecule has 0 amide bonds. The van der Waals surface area contributed by atoms with Crippen LogP contribution in [0.1, 0.15) is 63.1 Å². The number of nitrogens with zero attached hydrogens (tertiary/aromatic N) is 2. The highest BCUT2D eigenvalue weighted by Crippen LogP contribution is 2.31. The molecule has 2 aromatic rings. The van der Waals surface area contributed by atoms with E-state index in [2.05, 4.69) is 0 Å². The minimum Gasteiger partial charge on any atom is -0.425 e. The van der Waals surface area contributed by atoms with Crippen LogP contribution in [0.3, 0.4) is 0 Å². The molecule has 2 heterocycles. The molecule has 3 rings (SSSR count). The van der Waals surface area contributed by atoms with Crippen molar-refractivity contribution in [3.05, 3.63) is 68.5 Å². The first-order chi connectivity index (χ1) is 12.0. The zero-order valence-electron chi connectivity index (χ0n) is 15.2. The van der Waals surface area contributed by atoms with Crippen molar-refractivity contribution in [3.63, 3.8) is 0 Å². The molecule has 0 unspecified atom stereocenters. The number of hydrogen-bond acceptors (Lipinski definition) is 4. The molecule has 0 saturated heterocycles. The summed E-state index contributed by atoms with van der Waals surface area (Å²) in [4.78, 5) is 21.7. The standard InChI is InChI=1S/C12H17NO2.C5H5NO2.C2H6/c1-9-7-11(13(15)12(14)8-9)10-5-3-2-4-6-10;7-5-3-1-2-4-6(5)8;1-2/h7-8,10,15H,2-6H2,1H3;1-4,8H;1-2H3. The van der Waals surface area contributed by atoms with Gasteiger partial charge >= 0.3 is 0 Å². The third-order valence-electron chi connectivity index (χ3n) is 4.01. The van der Waals surface area contributed by atoms with Crippen LogP contribution in [0.4, 0.5) is 0 Å². The first-order valence-corrected chi connectivity index (χ1v) is 8.79. The second kappa shape index (κ2) is 10.4. The second-order valence-corrected chi connectivity index (χ2v) is 5.83. The van der Waals surface area contributed by atoms with Gasteiger partial charge in [0.2, 0.25) is 0 Å². The van der Waals surface area contributed by atoms with Crippen molar-refractivity contribution in [3.8, 4) is 0 Å². The summed E-state index contributed by atoms with van der Waals surface area (Å²) in [5, 5.41) is 18.2. The van der Waals surface area contributed by atoms with Gasteiger partial charge in [-0.1, -0.05) is 39.2 Å². The number of pyridine rings is 2. The first kappa shape index (κ1) is 20.5. The summed E-state index contributed by atoms with van der Waals surface area (Å²) in [5.74, 6) is 0.358. The molecule has 0 radical (unpaired) electrons. The fourth-order valence-electron chi connectivity index (χ4n) is 2.83. The highest BCUT2D eigenvalue weighted by Gasteiger charge is 2.19. The van der Waals surface area contributed by atoms with Gasteiger partial charge in [-0.2, -0.15) is 9.46 Å².